The number of pyridine rings is 1. The lowest BCUT2D eigenvalue weighted by molar-refractivity contribution is 0.476. The van der Waals surface area contributed by atoms with E-state index in [2.05, 4.69) is 15.2 Å². The zero-order chi connectivity index (χ0) is 10.5. The number of aromatic hydroxyl groups is 1. The van der Waals surface area contributed by atoms with Crippen molar-refractivity contribution >= 4 is 11.4 Å². The van der Waals surface area contributed by atoms with Gasteiger partial charge in [0.1, 0.15) is 11.4 Å². The molecule has 0 aliphatic rings. The third-order valence-corrected chi connectivity index (χ3v) is 1.82. The summed E-state index contributed by atoms with van der Waals surface area (Å²) < 4.78 is 0. The lowest BCUT2D eigenvalue weighted by atomic mass is 10.3. The van der Waals surface area contributed by atoms with Gasteiger partial charge in [0.05, 0.1) is 5.69 Å². The highest BCUT2D eigenvalue weighted by Crippen LogP contribution is 2.26. The topological polar surface area (TPSA) is 57.8 Å². The molecule has 1 N–H and O–H groups in total. The van der Waals surface area contributed by atoms with Crippen molar-refractivity contribution in [3.05, 3.63) is 48.8 Å². The van der Waals surface area contributed by atoms with E-state index in [0.29, 0.717) is 11.4 Å². The van der Waals surface area contributed by atoms with Crippen molar-refractivity contribution in [2.24, 2.45) is 10.2 Å². The lowest BCUT2D eigenvalue weighted by Gasteiger charge is -1.95. The molecule has 0 unspecified atom stereocenters. The van der Waals surface area contributed by atoms with Crippen molar-refractivity contribution < 1.29 is 5.11 Å². The molecule has 0 radical (unpaired) electrons. The van der Waals surface area contributed by atoms with Crippen molar-refractivity contribution in [2.45, 2.75) is 0 Å². The fraction of sp³-hybridized carbons (Fsp3) is 0. The van der Waals surface area contributed by atoms with Gasteiger partial charge in [-0.25, -0.2) is 0 Å². The van der Waals surface area contributed by atoms with Crippen molar-refractivity contribution in [3.63, 3.8) is 0 Å². The second kappa shape index (κ2) is 4.32. The van der Waals surface area contributed by atoms with Crippen LogP contribution < -0.4 is 0 Å². The molecule has 74 valence electrons. The molecule has 2 aromatic rings. The summed E-state index contributed by atoms with van der Waals surface area (Å²) in [5.41, 5.74) is 1.16. The fourth-order valence-corrected chi connectivity index (χ4v) is 1.07. The van der Waals surface area contributed by atoms with Crippen LogP contribution in [0.3, 0.4) is 0 Å². The average Bonchev–Trinajstić information content (AvgIpc) is 2.29. The van der Waals surface area contributed by atoms with Crippen LogP contribution in [0.2, 0.25) is 0 Å². The van der Waals surface area contributed by atoms with E-state index in [1.165, 1.54) is 0 Å². The van der Waals surface area contributed by atoms with Gasteiger partial charge < -0.3 is 5.11 Å². The number of nitrogens with zero attached hydrogens (tertiary/aromatic N) is 3. The third kappa shape index (κ3) is 2.37. The number of azo groups is 1. The zero-order valence-electron chi connectivity index (χ0n) is 7.91. The molecule has 0 aliphatic carbocycles. The first-order valence-corrected chi connectivity index (χ1v) is 4.46. The second-order valence-corrected chi connectivity index (χ2v) is 2.89. The molecule has 1 aromatic carbocycles. The van der Waals surface area contributed by atoms with Gasteiger partial charge in [0.2, 0.25) is 0 Å². The molecule has 0 spiro atoms. The van der Waals surface area contributed by atoms with Gasteiger partial charge in [-0.05, 0) is 24.3 Å². The minimum Gasteiger partial charge on any atom is -0.506 e. The first kappa shape index (κ1) is 9.33. The lowest BCUT2D eigenvalue weighted by Crippen LogP contribution is -1.68. The predicted molar refractivity (Wildman–Crippen MR) is 56.5 cm³/mol. The van der Waals surface area contributed by atoms with Gasteiger partial charge in [-0.3, -0.25) is 4.98 Å². The molecule has 0 atom stereocenters. The molecule has 0 amide bonds. The Hall–Kier alpha value is -2.23. The number of hydrogen-bond acceptors (Lipinski definition) is 4. The maximum atomic E-state index is 9.42. The Kier molecular flexibility index (Phi) is 2.69. The Labute approximate surface area is 86.9 Å². The molecule has 15 heavy (non-hydrogen) atoms. The van der Waals surface area contributed by atoms with E-state index in [4.69, 9.17) is 0 Å². The van der Waals surface area contributed by atoms with Crippen LogP contribution in [0.15, 0.2) is 59.0 Å². The Morgan fingerprint density at radius 3 is 2.40 bits per heavy atom. The number of hydrogen-bond donors (Lipinski definition) is 1. The summed E-state index contributed by atoms with van der Waals surface area (Å²) in [4.78, 5) is 3.87. The molecule has 0 saturated heterocycles. The second-order valence-electron chi connectivity index (χ2n) is 2.89. The highest BCUT2D eigenvalue weighted by molar-refractivity contribution is 5.50. The van der Waals surface area contributed by atoms with Crippen molar-refractivity contribution in [2.75, 3.05) is 0 Å². The zero-order valence-corrected chi connectivity index (χ0v) is 7.91. The number of aromatic nitrogens is 1. The summed E-state index contributed by atoms with van der Waals surface area (Å²) >= 11 is 0. The van der Waals surface area contributed by atoms with Gasteiger partial charge in [-0.15, -0.1) is 5.11 Å². The van der Waals surface area contributed by atoms with Crippen LogP contribution in [0.4, 0.5) is 11.4 Å². The molecule has 4 heteroatoms. The van der Waals surface area contributed by atoms with Crippen LogP contribution in [0.1, 0.15) is 0 Å². The summed E-state index contributed by atoms with van der Waals surface area (Å²) in [5.74, 6) is 0.121. The van der Waals surface area contributed by atoms with E-state index >= 15 is 0 Å². The Balaban J connectivity index is 2.23. The van der Waals surface area contributed by atoms with Crippen LogP contribution in [-0.4, -0.2) is 10.1 Å². The molecule has 0 fully saturated rings. The molecule has 1 heterocycles. The van der Waals surface area contributed by atoms with Gasteiger partial charge in [-0.2, -0.15) is 5.11 Å². The highest BCUT2D eigenvalue weighted by atomic mass is 16.3. The Bertz CT molecular complexity index is 468. The Morgan fingerprint density at radius 1 is 0.933 bits per heavy atom. The SMILES string of the molecule is Oc1ccccc1N=Nc1ccncc1. The summed E-state index contributed by atoms with van der Waals surface area (Å²) in [6, 6.07) is 10.3. The van der Waals surface area contributed by atoms with Gasteiger partial charge in [0.15, 0.2) is 0 Å². The summed E-state index contributed by atoms with van der Waals surface area (Å²) in [7, 11) is 0. The molecule has 4 nitrogen and oxygen atoms in total. The van der Waals surface area contributed by atoms with Crippen LogP contribution in [0.5, 0.6) is 5.75 Å². The van der Waals surface area contributed by atoms with Crippen molar-refractivity contribution in [3.8, 4) is 5.75 Å². The van der Waals surface area contributed by atoms with Crippen molar-refractivity contribution in [1.82, 2.24) is 4.98 Å². The molecule has 1 aromatic heterocycles. The predicted octanol–water partition coefficient (Wildman–Crippen LogP) is 3.20. The van der Waals surface area contributed by atoms with Crippen LogP contribution in [0, 0.1) is 0 Å². The van der Waals surface area contributed by atoms with Crippen molar-refractivity contribution in [1.29, 1.82) is 0 Å². The molecular formula is C11H9N3O. The first-order chi connectivity index (χ1) is 7.36. The van der Waals surface area contributed by atoms with E-state index in [1.807, 2.05) is 0 Å². The molecule has 0 bridgehead atoms. The number of phenols is 1. The largest absolute Gasteiger partial charge is 0.506 e. The number of rotatable bonds is 2. The van der Waals surface area contributed by atoms with E-state index in [9.17, 15) is 5.11 Å². The summed E-state index contributed by atoms with van der Waals surface area (Å²) in [5, 5.41) is 17.3. The molecule has 2 rings (SSSR count). The standard InChI is InChI=1S/C11H9N3O/c15-11-4-2-1-3-10(11)14-13-9-5-7-12-8-6-9/h1-8,15H. The van der Waals surface area contributed by atoms with Crippen LogP contribution in [-0.2, 0) is 0 Å². The van der Waals surface area contributed by atoms with E-state index in [0.717, 1.165) is 0 Å². The molecule has 0 saturated carbocycles. The first-order valence-electron chi connectivity index (χ1n) is 4.46. The van der Waals surface area contributed by atoms with Crippen LogP contribution in [0.25, 0.3) is 0 Å². The highest BCUT2D eigenvalue weighted by Gasteiger charge is 1.95. The van der Waals surface area contributed by atoms with Crippen LogP contribution >= 0.6 is 0 Å². The minimum atomic E-state index is 0.121. The number of para-hydroxylation sites is 1. The fourth-order valence-electron chi connectivity index (χ4n) is 1.07. The maximum Gasteiger partial charge on any atom is 0.143 e. The average molecular weight is 199 g/mol. The maximum absolute atomic E-state index is 9.42. The summed E-state index contributed by atoms with van der Waals surface area (Å²) in [6.45, 7) is 0. The monoisotopic (exact) mass is 199 g/mol. The van der Waals surface area contributed by atoms with Gasteiger partial charge in [0.25, 0.3) is 0 Å². The Morgan fingerprint density at radius 2 is 1.67 bits per heavy atom. The minimum absolute atomic E-state index is 0.121. The van der Waals surface area contributed by atoms with Gasteiger partial charge in [-0.1, -0.05) is 12.1 Å². The molecular weight excluding hydrogens is 190 g/mol. The van der Waals surface area contributed by atoms with E-state index in [1.54, 1.807) is 48.8 Å². The molecule has 0 aliphatic heterocycles. The van der Waals surface area contributed by atoms with Gasteiger partial charge in [0, 0.05) is 12.4 Å². The third-order valence-electron chi connectivity index (χ3n) is 1.82. The van der Waals surface area contributed by atoms with Gasteiger partial charge >= 0.3 is 0 Å². The normalized spacial score (nSPS) is 10.7. The van der Waals surface area contributed by atoms with E-state index < -0.39 is 0 Å². The number of phenolic OH excluding ortho intramolecular Hbond substituents is 1. The summed E-state index contributed by atoms with van der Waals surface area (Å²) in [6.07, 6.45) is 3.28. The van der Waals surface area contributed by atoms with E-state index in [-0.39, 0.29) is 5.75 Å². The number of benzene rings is 1. The quantitative estimate of drug-likeness (QED) is 0.755. The smallest absolute Gasteiger partial charge is 0.143 e.